The van der Waals surface area contributed by atoms with Crippen LogP contribution in [0, 0.1) is 23.2 Å². The maximum atomic E-state index is 13.4. The van der Waals surface area contributed by atoms with Crippen molar-refractivity contribution >= 4 is 17.5 Å². The zero-order valence-corrected chi connectivity index (χ0v) is 17.0. The third kappa shape index (κ3) is 2.66. The molecular weight excluding hydrogens is 350 g/mol. The van der Waals surface area contributed by atoms with Gasteiger partial charge < -0.3 is 15.5 Å². The van der Waals surface area contributed by atoms with Crippen LogP contribution in [-0.2, 0) is 4.79 Å². The molecule has 3 saturated carbocycles. The fourth-order valence-electron chi connectivity index (χ4n) is 6.44. The number of carbonyl (C=O) groups is 2. The lowest BCUT2D eigenvalue weighted by Gasteiger charge is -2.61. The summed E-state index contributed by atoms with van der Waals surface area (Å²) in [7, 11) is 0. The average molecular weight is 382 g/mol. The molecule has 5 nitrogen and oxygen atoms in total. The molecule has 1 saturated heterocycles. The van der Waals surface area contributed by atoms with Gasteiger partial charge >= 0.3 is 0 Å². The summed E-state index contributed by atoms with van der Waals surface area (Å²) in [4.78, 5) is 28.4. The number of rotatable bonds is 1. The van der Waals surface area contributed by atoms with E-state index in [0.29, 0.717) is 17.7 Å². The zero-order chi connectivity index (χ0) is 19.5. The molecule has 150 valence electrons. The quantitative estimate of drug-likeness (QED) is 0.781. The molecule has 1 spiro atoms. The van der Waals surface area contributed by atoms with Crippen LogP contribution in [0.15, 0.2) is 24.3 Å². The number of likely N-dealkylation sites (tertiary alicyclic amines) is 1. The van der Waals surface area contributed by atoms with E-state index in [2.05, 4.69) is 29.4 Å². The first-order valence-corrected chi connectivity index (χ1v) is 10.9. The highest BCUT2D eigenvalue weighted by molar-refractivity contribution is 6.02. The van der Waals surface area contributed by atoms with Crippen molar-refractivity contribution in [3.05, 3.63) is 29.8 Å². The molecule has 2 heterocycles. The molecule has 2 amide bonds. The summed E-state index contributed by atoms with van der Waals surface area (Å²) in [5.74, 6) is 1.35. The SMILES string of the molecule is C[C@H]1CCCN(C(=O)[C@H]2C[C@@H]3CC[C@]2(C)C[C@]32NC(=O)c3ccccc3N2)C1. The molecule has 3 aliphatic carbocycles. The molecule has 1 aromatic carbocycles. The van der Waals surface area contributed by atoms with Gasteiger partial charge in [-0.3, -0.25) is 9.59 Å². The zero-order valence-electron chi connectivity index (χ0n) is 17.0. The second-order valence-electron chi connectivity index (χ2n) is 9.98. The monoisotopic (exact) mass is 381 g/mol. The van der Waals surface area contributed by atoms with E-state index in [1.54, 1.807) is 0 Å². The number of nitrogens with zero attached hydrogens (tertiary/aromatic N) is 1. The van der Waals surface area contributed by atoms with Crippen LogP contribution in [0.2, 0.25) is 0 Å². The molecule has 2 bridgehead atoms. The largest absolute Gasteiger partial charge is 0.362 e. The fourth-order valence-corrected chi connectivity index (χ4v) is 6.44. The van der Waals surface area contributed by atoms with Crippen molar-refractivity contribution in [1.82, 2.24) is 10.2 Å². The number of piperidine rings is 1. The van der Waals surface area contributed by atoms with Gasteiger partial charge in [0.25, 0.3) is 5.91 Å². The van der Waals surface area contributed by atoms with Crippen LogP contribution in [0.25, 0.3) is 0 Å². The molecule has 5 heteroatoms. The van der Waals surface area contributed by atoms with Crippen molar-refractivity contribution in [3.63, 3.8) is 0 Å². The van der Waals surface area contributed by atoms with Gasteiger partial charge in [0.1, 0.15) is 5.66 Å². The van der Waals surface area contributed by atoms with Crippen molar-refractivity contribution in [2.75, 3.05) is 18.4 Å². The molecule has 5 atom stereocenters. The third-order valence-corrected chi connectivity index (χ3v) is 7.94. The predicted octanol–water partition coefficient (Wildman–Crippen LogP) is 3.62. The van der Waals surface area contributed by atoms with Crippen LogP contribution in [0.1, 0.15) is 62.7 Å². The van der Waals surface area contributed by atoms with Crippen molar-refractivity contribution in [2.24, 2.45) is 23.2 Å². The van der Waals surface area contributed by atoms with Crippen LogP contribution in [-0.4, -0.2) is 35.5 Å². The van der Waals surface area contributed by atoms with E-state index in [-0.39, 0.29) is 17.2 Å². The minimum absolute atomic E-state index is 0.0123. The molecule has 28 heavy (non-hydrogen) atoms. The molecule has 0 unspecified atom stereocenters. The Labute approximate surface area is 167 Å². The standard InChI is InChI=1S/C23H31N3O2/c1-15-6-5-11-26(13-15)21(28)18-12-16-9-10-22(18,2)14-23(16)24-19-8-4-3-7-17(19)20(27)25-23/h3-4,7-8,15-16,18,24H,5-6,9-14H2,1-2H3,(H,25,27)/t15-,16-,18+,22+,23-/m0/s1. The summed E-state index contributed by atoms with van der Waals surface area (Å²) in [6.07, 6.45) is 6.18. The van der Waals surface area contributed by atoms with Crippen LogP contribution in [0.3, 0.4) is 0 Å². The van der Waals surface area contributed by atoms with E-state index in [4.69, 9.17) is 0 Å². The highest BCUT2D eigenvalue weighted by Gasteiger charge is 2.60. The molecule has 6 rings (SSSR count). The summed E-state index contributed by atoms with van der Waals surface area (Å²) in [6.45, 7) is 6.34. The van der Waals surface area contributed by atoms with Gasteiger partial charge in [0.2, 0.25) is 5.91 Å². The Morgan fingerprint density at radius 3 is 2.82 bits per heavy atom. The normalized spacial score (nSPS) is 39.3. The number of anilines is 1. The van der Waals surface area contributed by atoms with Crippen LogP contribution >= 0.6 is 0 Å². The Morgan fingerprint density at radius 1 is 1.21 bits per heavy atom. The van der Waals surface area contributed by atoms with Gasteiger partial charge in [0, 0.05) is 30.6 Å². The number of fused-ring (bicyclic) bond motifs is 3. The van der Waals surface area contributed by atoms with E-state index in [1.807, 2.05) is 24.3 Å². The number of hydrogen-bond donors (Lipinski definition) is 2. The number of benzene rings is 1. The van der Waals surface area contributed by atoms with Gasteiger partial charge in [0.15, 0.2) is 0 Å². The van der Waals surface area contributed by atoms with Gasteiger partial charge in [-0.25, -0.2) is 0 Å². The first-order valence-electron chi connectivity index (χ1n) is 10.9. The lowest BCUT2D eigenvalue weighted by molar-refractivity contribution is -0.152. The maximum Gasteiger partial charge on any atom is 0.255 e. The highest BCUT2D eigenvalue weighted by Crippen LogP contribution is 2.58. The highest BCUT2D eigenvalue weighted by atomic mass is 16.2. The van der Waals surface area contributed by atoms with Crippen LogP contribution in [0.4, 0.5) is 5.69 Å². The number of nitrogens with one attached hydrogen (secondary N) is 2. The lowest BCUT2D eigenvalue weighted by atomic mass is 9.51. The minimum atomic E-state index is -0.412. The first kappa shape index (κ1) is 18.0. The molecule has 0 aromatic heterocycles. The molecule has 4 fully saturated rings. The maximum absolute atomic E-state index is 13.4. The minimum Gasteiger partial charge on any atom is -0.362 e. The smallest absolute Gasteiger partial charge is 0.255 e. The Balaban J connectivity index is 1.41. The van der Waals surface area contributed by atoms with Gasteiger partial charge in [-0.05, 0) is 62.0 Å². The first-order chi connectivity index (χ1) is 13.4. The Bertz CT molecular complexity index is 824. The Kier molecular flexibility index (Phi) is 4.01. The number of para-hydroxylation sites is 1. The summed E-state index contributed by atoms with van der Waals surface area (Å²) in [5, 5.41) is 7.00. The molecule has 1 aromatic rings. The van der Waals surface area contributed by atoms with Crippen molar-refractivity contribution in [2.45, 2.75) is 58.0 Å². The lowest BCUT2D eigenvalue weighted by Crippen LogP contribution is -2.70. The predicted molar refractivity (Wildman–Crippen MR) is 109 cm³/mol. The van der Waals surface area contributed by atoms with Crippen LogP contribution < -0.4 is 10.6 Å². The molecule has 2 aliphatic heterocycles. The Hall–Kier alpha value is -2.04. The molecule has 5 aliphatic rings. The molecular formula is C23H31N3O2. The van der Waals surface area contributed by atoms with Gasteiger partial charge in [-0.15, -0.1) is 0 Å². The summed E-state index contributed by atoms with van der Waals surface area (Å²) in [5.41, 5.74) is 1.16. The van der Waals surface area contributed by atoms with Crippen molar-refractivity contribution in [3.8, 4) is 0 Å². The van der Waals surface area contributed by atoms with Crippen molar-refractivity contribution < 1.29 is 9.59 Å². The van der Waals surface area contributed by atoms with Crippen molar-refractivity contribution in [1.29, 1.82) is 0 Å². The fraction of sp³-hybridized carbons (Fsp3) is 0.652. The second-order valence-corrected chi connectivity index (χ2v) is 9.98. The summed E-state index contributed by atoms with van der Waals surface area (Å²) < 4.78 is 0. The number of carbonyl (C=O) groups excluding carboxylic acids is 2. The summed E-state index contributed by atoms with van der Waals surface area (Å²) >= 11 is 0. The second kappa shape index (κ2) is 6.23. The van der Waals surface area contributed by atoms with Gasteiger partial charge in [-0.1, -0.05) is 26.0 Å². The van der Waals surface area contributed by atoms with E-state index >= 15 is 0 Å². The summed E-state index contributed by atoms with van der Waals surface area (Å²) in [6, 6.07) is 7.75. The van der Waals surface area contributed by atoms with E-state index in [1.165, 1.54) is 6.42 Å². The van der Waals surface area contributed by atoms with E-state index in [0.717, 1.165) is 56.4 Å². The van der Waals surface area contributed by atoms with Gasteiger partial charge in [-0.2, -0.15) is 0 Å². The van der Waals surface area contributed by atoms with Crippen LogP contribution in [0.5, 0.6) is 0 Å². The Morgan fingerprint density at radius 2 is 2.04 bits per heavy atom. The average Bonchev–Trinajstić information content (AvgIpc) is 2.67. The molecule has 2 N–H and O–H groups in total. The third-order valence-electron chi connectivity index (χ3n) is 7.94. The van der Waals surface area contributed by atoms with Gasteiger partial charge in [0.05, 0.1) is 5.56 Å². The topological polar surface area (TPSA) is 61.4 Å². The number of hydrogen-bond acceptors (Lipinski definition) is 3. The number of amides is 2. The molecule has 0 radical (unpaired) electrons. The van der Waals surface area contributed by atoms with E-state index in [9.17, 15) is 9.59 Å². The van der Waals surface area contributed by atoms with E-state index < -0.39 is 5.66 Å².